The van der Waals surface area contributed by atoms with Gasteiger partial charge in [-0.15, -0.1) is 0 Å². The van der Waals surface area contributed by atoms with Gasteiger partial charge in [-0.3, -0.25) is 0 Å². The van der Waals surface area contributed by atoms with E-state index in [9.17, 15) is 13.2 Å². The van der Waals surface area contributed by atoms with Crippen molar-refractivity contribution in [3.05, 3.63) is 35.4 Å². The first-order valence-corrected chi connectivity index (χ1v) is 5.85. The van der Waals surface area contributed by atoms with E-state index < -0.39 is 12.2 Å². The fraction of sp³-hybridized carbons (Fsp3) is 0.538. The number of likely N-dealkylation sites (N-methyl/N-ethyl adjacent to an activating group) is 1. The molecule has 0 spiro atoms. The summed E-state index contributed by atoms with van der Waals surface area (Å²) in [6.45, 7) is 4.02. The third-order valence-corrected chi connectivity index (χ3v) is 2.72. The van der Waals surface area contributed by atoms with Crippen LogP contribution in [0.1, 0.15) is 25.0 Å². The molecular formula is C13H18F3N. The average Bonchev–Trinajstić information content (AvgIpc) is 2.28. The summed E-state index contributed by atoms with van der Waals surface area (Å²) < 4.78 is 38.0. The maximum Gasteiger partial charge on any atom is 0.404 e. The van der Waals surface area contributed by atoms with Crippen molar-refractivity contribution in [1.82, 2.24) is 5.32 Å². The molecule has 0 aliphatic rings. The van der Waals surface area contributed by atoms with Crippen molar-refractivity contribution in [2.75, 3.05) is 6.54 Å². The van der Waals surface area contributed by atoms with Crippen LogP contribution in [0.15, 0.2) is 24.3 Å². The summed E-state index contributed by atoms with van der Waals surface area (Å²) >= 11 is 0. The number of benzene rings is 1. The second kappa shape index (κ2) is 6.05. The first kappa shape index (κ1) is 14.0. The lowest BCUT2D eigenvalue weighted by atomic mass is 10.0. The van der Waals surface area contributed by atoms with E-state index in [4.69, 9.17) is 0 Å². The summed E-state index contributed by atoms with van der Waals surface area (Å²) in [5.74, 6) is 0. The van der Waals surface area contributed by atoms with Gasteiger partial charge in [0.15, 0.2) is 0 Å². The number of nitrogens with one attached hydrogen (secondary N) is 1. The predicted molar refractivity (Wildman–Crippen MR) is 63.0 cm³/mol. The van der Waals surface area contributed by atoms with Gasteiger partial charge in [0, 0.05) is 0 Å². The summed E-state index contributed by atoms with van der Waals surface area (Å²) in [5, 5.41) is 2.47. The third-order valence-electron chi connectivity index (χ3n) is 2.72. The molecule has 96 valence electrons. The topological polar surface area (TPSA) is 12.0 Å². The first-order chi connectivity index (χ1) is 7.97. The van der Waals surface area contributed by atoms with Crippen LogP contribution in [0.3, 0.4) is 0 Å². The molecule has 1 N–H and O–H groups in total. The smallest absolute Gasteiger partial charge is 0.306 e. The lowest BCUT2D eigenvalue weighted by Crippen LogP contribution is -2.43. The van der Waals surface area contributed by atoms with Crippen molar-refractivity contribution >= 4 is 0 Å². The zero-order valence-corrected chi connectivity index (χ0v) is 10.1. The number of hydrogen-bond acceptors (Lipinski definition) is 1. The Hall–Kier alpha value is -1.03. The van der Waals surface area contributed by atoms with Gasteiger partial charge in [-0.05, 0) is 30.5 Å². The largest absolute Gasteiger partial charge is 0.404 e. The van der Waals surface area contributed by atoms with E-state index >= 15 is 0 Å². The van der Waals surface area contributed by atoms with Crippen molar-refractivity contribution < 1.29 is 13.2 Å². The summed E-state index contributed by atoms with van der Waals surface area (Å²) in [7, 11) is 0. The minimum Gasteiger partial charge on any atom is -0.306 e. The number of alkyl halides is 3. The van der Waals surface area contributed by atoms with E-state index in [1.54, 1.807) is 19.1 Å². The van der Waals surface area contributed by atoms with Crippen molar-refractivity contribution in [3.8, 4) is 0 Å². The van der Waals surface area contributed by atoms with Crippen molar-refractivity contribution in [3.63, 3.8) is 0 Å². The van der Waals surface area contributed by atoms with Crippen LogP contribution >= 0.6 is 0 Å². The normalized spacial score (nSPS) is 13.7. The molecule has 0 saturated carbocycles. The minimum atomic E-state index is -4.20. The molecule has 17 heavy (non-hydrogen) atoms. The molecule has 0 radical (unpaired) electrons. The molecule has 1 nitrogen and oxygen atoms in total. The molecule has 4 heteroatoms. The molecule has 1 atom stereocenters. The van der Waals surface area contributed by atoms with E-state index in [-0.39, 0.29) is 6.42 Å². The Labute approximate surface area is 100 Å². The Morgan fingerprint density at radius 3 is 2.00 bits per heavy atom. The zero-order valence-electron chi connectivity index (χ0n) is 10.1. The second-order valence-electron chi connectivity index (χ2n) is 4.03. The fourth-order valence-corrected chi connectivity index (χ4v) is 1.70. The highest BCUT2D eigenvalue weighted by molar-refractivity contribution is 5.23. The Kier molecular flexibility index (Phi) is 5.00. The molecule has 0 aliphatic carbocycles. The molecular weight excluding hydrogens is 227 g/mol. The van der Waals surface area contributed by atoms with Crippen molar-refractivity contribution in [1.29, 1.82) is 0 Å². The van der Waals surface area contributed by atoms with Crippen LogP contribution in [0.4, 0.5) is 13.2 Å². The van der Waals surface area contributed by atoms with Gasteiger partial charge in [-0.2, -0.15) is 13.2 Å². The average molecular weight is 245 g/mol. The molecule has 1 aromatic rings. The van der Waals surface area contributed by atoms with Gasteiger partial charge in [0.05, 0.1) is 0 Å². The summed E-state index contributed by atoms with van der Waals surface area (Å²) in [6, 6.07) is 5.85. The van der Waals surface area contributed by atoms with Gasteiger partial charge in [0.1, 0.15) is 6.04 Å². The second-order valence-corrected chi connectivity index (χ2v) is 4.03. The van der Waals surface area contributed by atoms with Gasteiger partial charge < -0.3 is 5.32 Å². The molecule has 1 aromatic carbocycles. The van der Waals surface area contributed by atoms with E-state index in [1.165, 1.54) is 0 Å². The zero-order chi connectivity index (χ0) is 12.9. The van der Waals surface area contributed by atoms with Crippen LogP contribution in [0, 0.1) is 0 Å². The molecule has 0 heterocycles. The summed E-state index contributed by atoms with van der Waals surface area (Å²) in [5.41, 5.74) is 1.85. The van der Waals surface area contributed by atoms with Gasteiger partial charge in [0.2, 0.25) is 0 Å². The van der Waals surface area contributed by atoms with Crippen LogP contribution in [-0.4, -0.2) is 18.8 Å². The highest BCUT2D eigenvalue weighted by Gasteiger charge is 2.38. The fourth-order valence-electron chi connectivity index (χ4n) is 1.70. The van der Waals surface area contributed by atoms with Crippen LogP contribution < -0.4 is 5.32 Å². The van der Waals surface area contributed by atoms with Gasteiger partial charge in [0.25, 0.3) is 0 Å². The molecule has 0 aliphatic heterocycles. The van der Waals surface area contributed by atoms with E-state index in [0.29, 0.717) is 12.1 Å². The molecule has 0 amide bonds. The monoisotopic (exact) mass is 245 g/mol. The minimum absolute atomic E-state index is 0.0126. The lowest BCUT2D eigenvalue weighted by molar-refractivity contribution is -0.155. The molecule has 1 unspecified atom stereocenters. The lowest BCUT2D eigenvalue weighted by Gasteiger charge is -2.21. The van der Waals surface area contributed by atoms with Crippen LogP contribution in [0.5, 0.6) is 0 Å². The molecule has 0 saturated heterocycles. The highest BCUT2D eigenvalue weighted by Crippen LogP contribution is 2.23. The molecule has 0 aromatic heterocycles. The van der Waals surface area contributed by atoms with Crippen LogP contribution in [-0.2, 0) is 12.8 Å². The number of hydrogen-bond donors (Lipinski definition) is 1. The number of rotatable bonds is 5. The number of aryl methyl sites for hydroxylation is 1. The SMILES string of the molecule is CCNC(Cc1ccc(CC)cc1)C(F)(F)F. The Morgan fingerprint density at radius 1 is 1.06 bits per heavy atom. The predicted octanol–water partition coefficient (Wildman–Crippen LogP) is 3.33. The van der Waals surface area contributed by atoms with E-state index in [2.05, 4.69) is 5.32 Å². The quantitative estimate of drug-likeness (QED) is 0.839. The molecule has 1 rings (SSSR count). The standard InChI is InChI=1S/C13H18F3N/c1-3-10-5-7-11(8-6-10)9-12(17-4-2)13(14,15)16/h5-8,12,17H,3-4,9H2,1-2H3. The van der Waals surface area contributed by atoms with E-state index in [0.717, 1.165) is 12.0 Å². The van der Waals surface area contributed by atoms with Crippen LogP contribution in [0.25, 0.3) is 0 Å². The van der Waals surface area contributed by atoms with Crippen molar-refractivity contribution in [2.24, 2.45) is 0 Å². The van der Waals surface area contributed by atoms with E-state index in [1.807, 2.05) is 19.1 Å². The summed E-state index contributed by atoms with van der Waals surface area (Å²) in [4.78, 5) is 0. The van der Waals surface area contributed by atoms with Gasteiger partial charge in [-0.25, -0.2) is 0 Å². The summed E-state index contributed by atoms with van der Waals surface area (Å²) in [6.07, 6.45) is -3.31. The van der Waals surface area contributed by atoms with Crippen molar-refractivity contribution in [2.45, 2.75) is 38.9 Å². The Balaban J connectivity index is 2.72. The Morgan fingerprint density at radius 2 is 1.59 bits per heavy atom. The first-order valence-electron chi connectivity index (χ1n) is 5.85. The highest BCUT2D eigenvalue weighted by atomic mass is 19.4. The maximum absolute atomic E-state index is 12.7. The van der Waals surface area contributed by atoms with Gasteiger partial charge in [-0.1, -0.05) is 38.1 Å². The van der Waals surface area contributed by atoms with Gasteiger partial charge >= 0.3 is 6.18 Å². The Bertz CT molecular complexity index is 330. The van der Waals surface area contributed by atoms with Crippen LogP contribution in [0.2, 0.25) is 0 Å². The number of halogens is 3. The maximum atomic E-state index is 12.7. The third kappa shape index (κ3) is 4.38. The molecule has 0 bridgehead atoms. The molecule has 0 fully saturated rings.